The first-order valence-corrected chi connectivity index (χ1v) is 13.3. The van der Waals surface area contributed by atoms with Crippen molar-refractivity contribution in [1.29, 1.82) is 0 Å². The highest BCUT2D eigenvalue weighted by Gasteiger charge is 2.39. The molecule has 0 bridgehead atoms. The van der Waals surface area contributed by atoms with Gasteiger partial charge in [0.05, 0.1) is 11.4 Å². The molecule has 184 valence electrons. The average Bonchev–Trinajstić information content (AvgIpc) is 3.56. The third-order valence-electron chi connectivity index (χ3n) is 7.67. The molecule has 3 heterocycles. The second kappa shape index (κ2) is 9.49. The van der Waals surface area contributed by atoms with Crippen LogP contribution in [0.3, 0.4) is 0 Å². The summed E-state index contributed by atoms with van der Waals surface area (Å²) in [6.45, 7) is 12.0. The van der Waals surface area contributed by atoms with Crippen molar-refractivity contribution in [2.45, 2.75) is 63.8 Å². The summed E-state index contributed by atoms with van der Waals surface area (Å²) in [6.07, 6.45) is 3.95. The van der Waals surface area contributed by atoms with E-state index >= 15 is 0 Å². The Morgan fingerprint density at radius 3 is 2.50 bits per heavy atom. The van der Waals surface area contributed by atoms with Crippen molar-refractivity contribution >= 4 is 33.3 Å². The van der Waals surface area contributed by atoms with Gasteiger partial charge < -0.3 is 19.6 Å². The second-order valence-electron chi connectivity index (χ2n) is 10.5. The molecule has 1 aromatic carbocycles. The largest absolute Gasteiger partial charge is 0.367 e. The summed E-state index contributed by atoms with van der Waals surface area (Å²) < 4.78 is 6.41. The molecule has 3 fully saturated rings. The summed E-state index contributed by atoms with van der Waals surface area (Å²) in [5, 5.41) is 7.49. The molecule has 1 N–H and O–H groups in total. The van der Waals surface area contributed by atoms with Crippen molar-refractivity contribution < 1.29 is 9.32 Å². The fraction of sp³-hybridized carbons (Fsp3) is 0.640. The van der Waals surface area contributed by atoms with Gasteiger partial charge in [0.1, 0.15) is 0 Å². The minimum Gasteiger partial charge on any atom is -0.367 e. The molecular weight excluding hydrogens is 496 g/mol. The van der Waals surface area contributed by atoms with Crippen molar-refractivity contribution in [3.8, 4) is 0 Å². The molecule has 9 heteroatoms. The number of hydrogen-bond acceptors (Lipinski definition) is 6. The Balaban J connectivity index is 1.23. The highest BCUT2D eigenvalue weighted by molar-refractivity contribution is 9.10. The van der Waals surface area contributed by atoms with Crippen LogP contribution in [0, 0.1) is 0 Å². The number of likely N-dealkylation sites (tertiary alicyclic amines) is 1. The highest BCUT2D eigenvalue weighted by atomic mass is 79.9. The molecule has 0 spiro atoms. The summed E-state index contributed by atoms with van der Waals surface area (Å²) in [5.74, 6) is 2.04. The third-order valence-corrected chi connectivity index (χ3v) is 8.33. The molecule has 8 nitrogen and oxygen atoms in total. The predicted octanol–water partition coefficient (Wildman–Crippen LogP) is 4.83. The molecule has 5 rings (SSSR count). The molecule has 0 atom stereocenters. The Labute approximate surface area is 210 Å². The van der Waals surface area contributed by atoms with E-state index in [1.807, 2.05) is 17.0 Å². The molecule has 2 aromatic rings. The summed E-state index contributed by atoms with van der Waals surface area (Å²) in [7, 11) is 0. The number of nitrogens with zero attached hydrogens (tertiary/aromatic N) is 5. The third kappa shape index (κ3) is 4.82. The van der Waals surface area contributed by atoms with Gasteiger partial charge in [0.2, 0.25) is 5.89 Å². The molecule has 34 heavy (non-hydrogen) atoms. The number of carbonyl (C=O) groups excluding carboxylic acids is 1. The number of rotatable bonds is 5. The number of aromatic nitrogens is 2. The van der Waals surface area contributed by atoms with E-state index in [1.54, 1.807) is 0 Å². The number of para-hydroxylation sites is 1. The van der Waals surface area contributed by atoms with Gasteiger partial charge in [-0.15, -0.1) is 0 Å². The molecule has 0 unspecified atom stereocenters. The Bertz CT molecular complexity index is 1020. The Morgan fingerprint density at radius 2 is 1.85 bits per heavy atom. The standard InChI is InChI=1S/C25H35BrN6O2/c1-17(2)30-13-15-31(16-14-30)20-6-4-5-19(26)21(20)27-24(33)32-11-9-25(3,10-12-32)23-28-22(34-29-23)18-7-8-18/h4-6,17-18H,7-16H2,1-3H3,(H,27,33). The summed E-state index contributed by atoms with van der Waals surface area (Å²) in [6, 6.07) is 6.64. The van der Waals surface area contributed by atoms with E-state index in [0.29, 0.717) is 25.0 Å². The highest BCUT2D eigenvalue weighted by Crippen LogP contribution is 2.41. The van der Waals surface area contributed by atoms with Crippen LogP contribution in [-0.2, 0) is 5.41 Å². The lowest BCUT2D eigenvalue weighted by molar-refractivity contribution is 0.169. The maximum absolute atomic E-state index is 13.3. The van der Waals surface area contributed by atoms with Gasteiger partial charge in [0, 0.05) is 61.1 Å². The fourth-order valence-corrected chi connectivity index (χ4v) is 5.42. The Kier molecular flexibility index (Phi) is 6.59. The van der Waals surface area contributed by atoms with Gasteiger partial charge in [0.15, 0.2) is 5.82 Å². The lowest BCUT2D eigenvalue weighted by Gasteiger charge is -2.39. The molecule has 0 radical (unpaired) electrons. The van der Waals surface area contributed by atoms with Gasteiger partial charge in [-0.1, -0.05) is 18.1 Å². The summed E-state index contributed by atoms with van der Waals surface area (Å²) in [4.78, 5) is 24.7. The topological polar surface area (TPSA) is 77.7 Å². The number of carbonyl (C=O) groups is 1. The quantitative estimate of drug-likeness (QED) is 0.596. The monoisotopic (exact) mass is 530 g/mol. The van der Waals surface area contributed by atoms with Crippen LogP contribution in [0.25, 0.3) is 0 Å². The van der Waals surface area contributed by atoms with E-state index in [9.17, 15) is 4.79 Å². The zero-order chi connectivity index (χ0) is 23.9. The van der Waals surface area contributed by atoms with E-state index in [4.69, 9.17) is 4.52 Å². The zero-order valence-corrected chi connectivity index (χ0v) is 22.0. The summed E-state index contributed by atoms with van der Waals surface area (Å²) >= 11 is 3.67. The van der Waals surface area contributed by atoms with Crippen LogP contribution in [-0.4, -0.2) is 71.3 Å². The van der Waals surface area contributed by atoms with Gasteiger partial charge in [-0.05, 0) is 67.6 Å². The van der Waals surface area contributed by atoms with Crippen molar-refractivity contribution in [2.75, 3.05) is 49.5 Å². The molecule has 3 aliphatic rings. The number of hydrogen-bond donors (Lipinski definition) is 1. The molecule has 2 aliphatic heterocycles. The van der Waals surface area contributed by atoms with Crippen LogP contribution in [0.5, 0.6) is 0 Å². The maximum atomic E-state index is 13.3. The van der Waals surface area contributed by atoms with Crippen molar-refractivity contribution in [1.82, 2.24) is 19.9 Å². The lowest BCUT2D eigenvalue weighted by atomic mass is 9.80. The SMILES string of the molecule is CC(C)N1CCN(c2cccc(Br)c2NC(=O)N2CCC(C)(c3noc(C4CC4)n3)CC2)CC1. The molecule has 1 aromatic heterocycles. The zero-order valence-electron chi connectivity index (χ0n) is 20.4. The smallest absolute Gasteiger partial charge is 0.321 e. The van der Waals surface area contributed by atoms with Crippen LogP contribution in [0.4, 0.5) is 16.2 Å². The normalized spacial score (nSPS) is 21.2. The lowest BCUT2D eigenvalue weighted by Crippen LogP contribution is -2.49. The summed E-state index contributed by atoms with van der Waals surface area (Å²) in [5.41, 5.74) is 1.78. The van der Waals surface area contributed by atoms with Crippen LogP contribution in [0.1, 0.15) is 64.1 Å². The van der Waals surface area contributed by atoms with E-state index in [1.165, 1.54) is 0 Å². The number of nitrogens with one attached hydrogen (secondary N) is 1. The first-order valence-electron chi connectivity index (χ1n) is 12.5. The van der Waals surface area contributed by atoms with E-state index in [-0.39, 0.29) is 11.4 Å². The Hall–Kier alpha value is -2.13. The molecule has 2 amide bonds. The number of piperidine rings is 1. The number of amides is 2. The molecular formula is C25H35BrN6O2. The number of halogens is 1. The Morgan fingerprint density at radius 1 is 1.15 bits per heavy atom. The van der Waals surface area contributed by atoms with Crippen LogP contribution in [0.2, 0.25) is 0 Å². The van der Waals surface area contributed by atoms with Gasteiger partial charge in [-0.25, -0.2) is 4.79 Å². The van der Waals surface area contributed by atoms with Gasteiger partial charge in [-0.2, -0.15) is 4.98 Å². The van der Waals surface area contributed by atoms with Crippen molar-refractivity contribution in [3.63, 3.8) is 0 Å². The molecule has 1 aliphatic carbocycles. The van der Waals surface area contributed by atoms with Gasteiger partial charge in [-0.3, -0.25) is 4.90 Å². The van der Waals surface area contributed by atoms with Crippen molar-refractivity contribution in [3.05, 3.63) is 34.4 Å². The number of benzene rings is 1. The van der Waals surface area contributed by atoms with E-state index in [2.05, 4.69) is 68.0 Å². The van der Waals surface area contributed by atoms with Crippen LogP contribution in [0.15, 0.2) is 27.2 Å². The number of piperazine rings is 1. The number of anilines is 2. The minimum atomic E-state index is -0.151. The van der Waals surface area contributed by atoms with E-state index < -0.39 is 0 Å². The minimum absolute atomic E-state index is 0.0530. The average molecular weight is 531 g/mol. The first-order chi connectivity index (χ1) is 16.3. The number of urea groups is 1. The molecule has 2 saturated heterocycles. The van der Waals surface area contributed by atoms with Crippen LogP contribution < -0.4 is 10.2 Å². The van der Waals surface area contributed by atoms with Crippen LogP contribution >= 0.6 is 15.9 Å². The molecule has 1 saturated carbocycles. The predicted molar refractivity (Wildman–Crippen MR) is 137 cm³/mol. The fourth-order valence-electron chi connectivity index (χ4n) is 4.97. The second-order valence-corrected chi connectivity index (χ2v) is 11.3. The van der Waals surface area contributed by atoms with E-state index in [0.717, 1.165) is 79.4 Å². The van der Waals surface area contributed by atoms with Gasteiger partial charge in [0.25, 0.3) is 0 Å². The van der Waals surface area contributed by atoms with Gasteiger partial charge >= 0.3 is 6.03 Å². The van der Waals surface area contributed by atoms with Crippen molar-refractivity contribution in [2.24, 2.45) is 0 Å². The maximum Gasteiger partial charge on any atom is 0.321 e. The first kappa shape index (κ1) is 23.6.